The van der Waals surface area contributed by atoms with Gasteiger partial charge in [-0.15, -0.1) is 11.3 Å². The number of hydrogen-bond acceptors (Lipinski definition) is 5. The molecule has 6 heteroatoms. The van der Waals surface area contributed by atoms with Crippen molar-refractivity contribution in [1.82, 2.24) is 4.98 Å². The van der Waals surface area contributed by atoms with Gasteiger partial charge in [0.2, 0.25) is 0 Å². The Kier molecular flexibility index (Phi) is 4.51. The van der Waals surface area contributed by atoms with Crippen LogP contribution in [-0.2, 0) is 4.74 Å². The Balaban J connectivity index is 2.46. The molecule has 1 aromatic heterocycles. The molecule has 2 N–H and O–H groups in total. The second kappa shape index (κ2) is 5.67. The first kappa shape index (κ1) is 11.9. The van der Waals surface area contributed by atoms with Crippen LogP contribution in [-0.4, -0.2) is 35.3 Å². The minimum absolute atomic E-state index is 0.0751. The summed E-state index contributed by atoms with van der Waals surface area (Å²) >= 11 is 1.28. The molecule has 0 fully saturated rings. The van der Waals surface area contributed by atoms with Gasteiger partial charge in [-0.25, -0.2) is 9.78 Å². The Morgan fingerprint density at radius 3 is 3.07 bits per heavy atom. The molecule has 15 heavy (non-hydrogen) atoms. The lowest BCUT2D eigenvalue weighted by atomic mass is 10.4. The number of carbonyl (C=O) groups is 1. The van der Waals surface area contributed by atoms with Gasteiger partial charge in [0.25, 0.3) is 0 Å². The lowest BCUT2D eigenvalue weighted by Crippen LogP contribution is -2.21. The number of carboxylic acids is 1. The summed E-state index contributed by atoms with van der Waals surface area (Å²) in [5.41, 5.74) is 0.0751. The average molecular weight is 230 g/mol. The van der Waals surface area contributed by atoms with E-state index in [2.05, 4.69) is 10.3 Å². The van der Waals surface area contributed by atoms with E-state index >= 15 is 0 Å². The largest absolute Gasteiger partial charge is 0.476 e. The fraction of sp³-hybridized carbons (Fsp3) is 0.556. The molecule has 0 saturated carbocycles. The number of hydrogen-bond donors (Lipinski definition) is 2. The predicted molar refractivity (Wildman–Crippen MR) is 58.7 cm³/mol. The van der Waals surface area contributed by atoms with Crippen LogP contribution < -0.4 is 5.32 Å². The molecule has 0 aliphatic rings. The minimum atomic E-state index is -1.00. The van der Waals surface area contributed by atoms with Gasteiger partial charge in [0.15, 0.2) is 10.8 Å². The Labute approximate surface area is 92.1 Å². The molecule has 84 valence electrons. The highest BCUT2D eigenvalue weighted by atomic mass is 32.1. The molecule has 0 spiro atoms. The molecule has 1 aromatic rings. The maximum Gasteiger partial charge on any atom is 0.355 e. The van der Waals surface area contributed by atoms with E-state index in [-0.39, 0.29) is 11.7 Å². The molecule has 1 heterocycles. The molecule has 0 radical (unpaired) electrons. The molecule has 0 aliphatic carbocycles. The zero-order valence-corrected chi connectivity index (χ0v) is 9.50. The average Bonchev–Trinajstić information content (AvgIpc) is 2.63. The summed E-state index contributed by atoms with van der Waals surface area (Å²) in [5.74, 6) is -1.00. The van der Waals surface area contributed by atoms with Crippen LogP contribution in [0.3, 0.4) is 0 Å². The number of aromatic nitrogens is 1. The molecule has 1 unspecified atom stereocenters. The lowest BCUT2D eigenvalue weighted by molar-refractivity contribution is 0.0691. The molecule has 0 amide bonds. The first-order chi connectivity index (χ1) is 7.13. The summed E-state index contributed by atoms with van der Waals surface area (Å²) in [5, 5.41) is 13.9. The third kappa shape index (κ3) is 3.85. The fourth-order valence-electron chi connectivity index (χ4n) is 0.985. The fourth-order valence-corrected chi connectivity index (χ4v) is 1.78. The van der Waals surface area contributed by atoms with Crippen LogP contribution in [0.25, 0.3) is 0 Å². The highest BCUT2D eigenvalue weighted by Gasteiger charge is 2.10. The van der Waals surface area contributed by atoms with Crippen molar-refractivity contribution in [3.63, 3.8) is 0 Å². The summed E-state index contributed by atoms with van der Waals surface area (Å²) in [6.07, 6.45) is 0. The van der Waals surface area contributed by atoms with Crippen molar-refractivity contribution in [3.05, 3.63) is 11.1 Å². The summed E-state index contributed by atoms with van der Waals surface area (Å²) in [7, 11) is 0. The van der Waals surface area contributed by atoms with Crippen LogP contribution in [0.2, 0.25) is 0 Å². The molecule has 1 rings (SSSR count). The molecule has 5 nitrogen and oxygen atoms in total. The van der Waals surface area contributed by atoms with Gasteiger partial charge in [-0.3, -0.25) is 0 Å². The van der Waals surface area contributed by atoms with E-state index in [1.807, 2.05) is 13.8 Å². The van der Waals surface area contributed by atoms with Gasteiger partial charge in [-0.1, -0.05) is 0 Å². The normalized spacial score (nSPS) is 12.4. The Morgan fingerprint density at radius 1 is 1.80 bits per heavy atom. The zero-order valence-electron chi connectivity index (χ0n) is 8.69. The van der Waals surface area contributed by atoms with Crippen molar-refractivity contribution >= 4 is 22.4 Å². The van der Waals surface area contributed by atoms with Crippen molar-refractivity contribution in [3.8, 4) is 0 Å². The number of aromatic carboxylic acids is 1. The quantitative estimate of drug-likeness (QED) is 0.778. The highest BCUT2D eigenvalue weighted by Crippen LogP contribution is 2.16. The van der Waals surface area contributed by atoms with Crippen molar-refractivity contribution in [2.75, 3.05) is 18.5 Å². The van der Waals surface area contributed by atoms with Crippen molar-refractivity contribution in [2.45, 2.75) is 19.9 Å². The second-order valence-electron chi connectivity index (χ2n) is 3.05. The third-order valence-electron chi connectivity index (χ3n) is 1.67. The third-order valence-corrected chi connectivity index (χ3v) is 2.44. The summed E-state index contributed by atoms with van der Waals surface area (Å²) in [6.45, 7) is 5.14. The van der Waals surface area contributed by atoms with E-state index in [1.165, 1.54) is 16.7 Å². The molecular formula is C9H14N2O3S. The van der Waals surface area contributed by atoms with Gasteiger partial charge in [0, 0.05) is 18.0 Å². The second-order valence-corrected chi connectivity index (χ2v) is 3.91. The standard InChI is InChI=1S/C9H14N2O3S/c1-3-14-4-6(2)10-9-11-7(5-15-9)8(12)13/h5-6H,3-4H2,1-2H3,(H,10,11)(H,12,13). The maximum absolute atomic E-state index is 10.6. The number of carboxylic acid groups (broad SMARTS) is 1. The van der Waals surface area contributed by atoms with E-state index < -0.39 is 5.97 Å². The molecular weight excluding hydrogens is 216 g/mol. The lowest BCUT2D eigenvalue weighted by Gasteiger charge is -2.11. The zero-order chi connectivity index (χ0) is 11.3. The van der Waals surface area contributed by atoms with Crippen LogP contribution >= 0.6 is 11.3 Å². The SMILES string of the molecule is CCOCC(C)Nc1nc(C(=O)O)cs1. The van der Waals surface area contributed by atoms with Gasteiger partial charge in [-0.2, -0.15) is 0 Å². The first-order valence-electron chi connectivity index (χ1n) is 4.66. The van der Waals surface area contributed by atoms with E-state index in [9.17, 15) is 4.79 Å². The van der Waals surface area contributed by atoms with Crippen LogP contribution in [0.1, 0.15) is 24.3 Å². The van der Waals surface area contributed by atoms with Gasteiger partial charge in [-0.05, 0) is 13.8 Å². The number of nitrogens with one attached hydrogen (secondary N) is 1. The van der Waals surface area contributed by atoms with Gasteiger partial charge in [0.1, 0.15) is 0 Å². The smallest absolute Gasteiger partial charge is 0.355 e. The van der Waals surface area contributed by atoms with Crippen LogP contribution in [0.5, 0.6) is 0 Å². The maximum atomic E-state index is 10.6. The van der Waals surface area contributed by atoms with Crippen LogP contribution in [0.4, 0.5) is 5.13 Å². The van der Waals surface area contributed by atoms with Crippen LogP contribution in [0, 0.1) is 0 Å². The monoisotopic (exact) mass is 230 g/mol. The molecule has 0 aromatic carbocycles. The summed E-state index contributed by atoms with van der Waals surface area (Å²) < 4.78 is 5.22. The molecule has 1 atom stereocenters. The topological polar surface area (TPSA) is 71.5 Å². The van der Waals surface area contributed by atoms with Crippen molar-refractivity contribution in [1.29, 1.82) is 0 Å². The summed E-state index contributed by atoms with van der Waals surface area (Å²) in [4.78, 5) is 14.5. The van der Waals surface area contributed by atoms with Crippen molar-refractivity contribution < 1.29 is 14.6 Å². The molecule has 0 bridgehead atoms. The number of thiazole rings is 1. The Bertz CT molecular complexity index is 327. The first-order valence-corrected chi connectivity index (χ1v) is 5.54. The Morgan fingerprint density at radius 2 is 2.53 bits per heavy atom. The van der Waals surface area contributed by atoms with Crippen molar-refractivity contribution in [2.24, 2.45) is 0 Å². The number of ether oxygens (including phenoxy) is 1. The number of nitrogens with zero attached hydrogens (tertiary/aromatic N) is 1. The highest BCUT2D eigenvalue weighted by molar-refractivity contribution is 7.13. The van der Waals surface area contributed by atoms with Gasteiger partial charge < -0.3 is 15.2 Å². The van der Waals surface area contributed by atoms with E-state index in [4.69, 9.17) is 9.84 Å². The molecule has 0 saturated heterocycles. The Hall–Kier alpha value is -1.14. The number of anilines is 1. The summed E-state index contributed by atoms with van der Waals surface area (Å²) in [6, 6.07) is 0.123. The molecule has 0 aliphatic heterocycles. The van der Waals surface area contributed by atoms with E-state index in [0.29, 0.717) is 18.3 Å². The predicted octanol–water partition coefficient (Wildman–Crippen LogP) is 1.68. The van der Waals surface area contributed by atoms with E-state index in [1.54, 1.807) is 0 Å². The number of rotatable bonds is 6. The minimum Gasteiger partial charge on any atom is -0.476 e. The van der Waals surface area contributed by atoms with Crippen LogP contribution in [0.15, 0.2) is 5.38 Å². The van der Waals surface area contributed by atoms with Gasteiger partial charge >= 0.3 is 5.97 Å². The van der Waals surface area contributed by atoms with Gasteiger partial charge in [0.05, 0.1) is 6.61 Å². The van der Waals surface area contributed by atoms with E-state index in [0.717, 1.165) is 0 Å².